The Kier molecular flexibility index (Phi) is 3.83. The molecule has 0 bridgehead atoms. The molecule has 4 nitrogen and oxygen atoms in total. The van der Waals surface area contributed by atoms with E-state index in [1.165, 1.54) is 30.7 Å². The summed E-state index contributed by atoms with van der Waals surface area (Å²) in [6, 6.07) is 1.40. The van der Waals surface area contributed by atoms with Crippen LogP contribution in [0.25, 0.3) is 0 Å². The van der Waals surface area contributed by atoms with Gasteiger partial charge in [-0.3, -0.25) is 4.79 Å². The van der Waals surface area contributed by atoms with Gasteiger partial charge in [0.15, 0.2) is 6.30 Å². The molecule has 0 N–H and O–H groups in total. The molecule has 0 saturated heterocycles. The van der Waals surface area contributed by atoms with Crippen LogP contribution in [0.5, 0.6) is 0 Å². The molecule has 1 aromatic heterocycles. The molecule has 1 aliphatic carbocycles. The van der Waals surface area contributed by atoms with Crippen LogP contribution in [0.4, 0.5) is 4.39 Å². The van der Waals surface area contributed by atoms with E-state index in [-0.39, 0.29) is 12.5 Å². The monoisotopic (exact) mass is 293 g/mol. The molecule has 5 heteroatoms. The van der Waals surface area contributed by atoms with Gasteiger partial charge in [-0.25, -0.2) is 9.18 Å². The fourth-order valence-corrected chi connectivity index (χ4v) is 3.02. The molecule has 0 aromatic carbocycles. The fourth-order valence-electron chi connectivity index (χ4n) is 3.02. The van der Waals surface area contributed by atoms with Gasteiger partial charge in [-0.05, 0) is 31.2 Å². The second-order valence-corrected chi connectivity index (χ2v) is 6.05. The Hall–Kier alpha value is -1.65. The largest absolute Gasteiger partial charge is 0.427 e. The summed E-state index contributed by atoms with van der Waals surface area (Å²) >= 11 is 0. The number of carbonyl (C=O) groups is 1. The van der Waals surface area contributed by atoms with Gasteiger partial charge in [0.1, 0.15) is 5.76 Å². The van der Waals surface area contributed by atoms with Gasteiger partial charge in [0, 0.05) is 19.0 Å². The number of carbonyl (C=O) groups excluding carboxylic acids is 1. The van der Waals surface area contributed by atoms with Crippen LogP contribution in [0, 0.1) is 5.92 Å². The third-order valence-corrected chi connectivity index (χ3v) is 4.36. The lowest BCUT2D eigenvalue weighted by Crippen LogP contribution is -2.42. The molecule has 1 atom stereocenters. The maximum atomic E-state index is 13.5. The van der Waals surface area contributed by atoms with Gasteiger partial charge in [-0.2, -0.15) is 0 Å². The normalized spacial score (nSPS) is 19.5. The maximum absolute atomic E-state index is 13.5. The minimum Gasteiger partial charge on any atom is -0.427 e. The van der Waals surface area contributed by atoms with Crippen LogP contribution < -0.4 is 5.63 Å². The summed E-state index contributed by atoms with van der Waals surface area (Å²) in [4.78, 5) is 25.3. The lowest BCUT2D eigenvalue weighted by atomic mass is 9.96. The minimum absolute atomic E-state index is 0.262. The number of aryl methyl sites for hydroxylation is 1. The first-order chi connectivity index (χ1) is 10.1. The zero-order valence-corrected chi connectivity index (χ0v) is 12.2. The second kappa shape index (κ2) is 5.62. The zero-order valence-electron chi connectivity index (χ0n) is 12.2. The third kappa shape index (κ3) is 3.01. The number of halogens is 1. The van der Waals surface area contributed by atoms with Gasteiger partial charge >= 0.3 is 5.63 Å². The molecule has 2 aliphatic rings. The van der Waals surface area contributed by atoms with Crippen LogP contribution >= 0.6 is 0 Å². The van der Waals surface area contributed by atoms with E-state index in [2.05, 4.69) is 0 Å². The lowest BCUT2D eigenvalue weighted by Gasteiger charge is -2.29. The van der Waals surface area contributed by atoms with Crippen molar-refractivity contribution in [2.45, 2.75) is 51.7 Å². The number of hydrogen-bond donors (Lipinski definition) is 0. The predicted molar refractivity (Wildman–Crippen MR) is 76.0 cm³/mol. The topological polar surface area (TPSA) is 50.5 Å². The van der Waals surface area contributed by atoms with Crippen molar-refractivity contribution in [1.82, 2.24) is 4.90 Å². The standard InChI is InChI=1S/C16H20FNO3/c1-10(17)18-8-7-13-15(16(18)20)12(9-14(19)21-13)4-2-3-11-5-6-11/h9-11H,2-8H2,1H3. The number of rotatable bonds is 5. The molecule has 1 amide bonds. The molecule has 1 unspecified atom stereocenters. The van der Waals surface area contributed by atoms with E-state index in [4.69, 9.17) is 4.42 Å². The van der Waals surface area contributed by atoms with Crippen LogP contribution in [-0.4, -0.2) is 23.6 Å². The zero-order chi connectivity index (χ0) is 15.0. The van der Waals surface area contributed by atoms with Crippen molar-refractivity contribution in [3.63, 3.8) is 0 Å². The number of amides is 1. The number of alkyl halides is 1. The Labute approximate surface area is 122 Å². The molecule has 1 aromatic rings. The number of nitrogens with zero attached hydrogens (tertiary/aromatic N) is 1. The molecule has 114 valence electrons. The maximum Gasteiger partial charge on any atom is 0.336 e. The van der Waals surface area contributed by atoms with Crippen molar-refractivity contribution in [1.29, 1.82) is 0 Å². The van der Waals surface area contributed by atoms with Gasteiger partial charge in [-0.1, -0.05) is 19.3 Å². The Morgan fingerprint density at radius 1 is 1.43 bits per heavy atom. The molecule has 1 aliphatic heterocycles. The fraction of sp³-hybridized carbons (Fsp3) is 0.625. The van der Waals surface area contributed by atoms with Crippen molar-refractivity contribution >= 4 is 5.91 Å². The van der Waals surface area contributed by atoms with E-state index in [0.717, 1.165) is 24.3 Å². The summed E-state index contributed by atoms with van der Waals surface area (Å²) < 4.78 is 18.7. The molecule has 0 spiro atoms. The third-order valence-electron chi connectivity index (χ3n) is 4.36. The smallest absolute Gasteiger partial charge is 0.336 e. The van der Waals surface area contributed by atoms with E-state index in [0.29, 0.717) is 24.2 Å². The van der Waals surface area contributed by atoms with Crippen LogP contribution in [-0.2, 0) is 12.8 Å². The van der Waals surface area contributed by atoms with Crippen molar-refractivity contribution in [2.24, 2.45) is 5.92 Å². The molecule has 1 fully saturated rings. The SMILES string of the molecule is CC(F)N1CCc2oc(=O)cc(CCCC3CC3)c2C1=O. The molecule has 21 heavy (non-hydrogen) atoms. The first kappa shape index (κ1) is 14.3. The highest BCUT2D eigenvalue weighted by molar-refractivity contribution is 5.97. The van der Waals surface area contributed by atoms with Gasteiger partial charge in [0.05, 0.1) is 5.56 Å². The summed E-state index contributed by atoms with van der Waals surface area (Å²) in [5.74, 6) is 0.890. The van der Waals surface area contributed by atoms with E-state index in [9.17, 15) is 14.0 Å². The molecule has 2 heterocycles. The average Bonchev–Trinajstić information content (AvgIpc) is 3.22. The quantitative estimate of drug-likeness (QED) is 0.784. The van der Waals surface area contributed by atoms with E-state index in [1.54, 1.807) is 0 Å². The first-order valence-corrected chi connectivity index (χ1v) is 7.67. The van der Waals surface area contributed by atoms with E-state index in [1.807, 2.05) is 0 Å². The predicted octanol–water partition coefficient (Wildman–Crippen LogP) is 2.69. The summed E-state index contributed by atoms with van der Waals surface area (Å²) in [6.45, 7) is 1.62. The Morgan fingerprint density at radius 2 is 2.19 bits per heavy atom. The van der Waals surface area contributed by atoms with Crippen LogP contribution in [0.15, 0.2) is 15.3 Å². The summed E-state index contributed by atoms with van der Waals surface area (Å²) in [5.41, 5.74) is 0.725. The van der Waals surface area contributed by atoms with Crippen molar-refractivity contribution < 1.29 is 13.6 Å². The van der Waals surface area contributed by atoms with Gasteiger partial charge in [0.25, 0.3) is 5.91 Å². The van der Waals surface area contributed by atoms with Crippen LogP contribution in [0.3, 0.4) is 0 Å². The number of fused-ring (bicyclic) bond motifs is 1. The lowest BCUT2D eigenvalue weighted by molar-refractivity contribution is 0.0470. The summed E-state index contributed by atoms with van der Waals surface area (Å²) in [5, 5.41) is 0. The van der Waals surface area contributed by atoms with E-state index < -0.39 is 11.9 Å². The highest BCUT2D eigenvalue weighted by Gasteiger charge is 2.32. The summed E-state index contributed by atoms with van der Waals surface area (Å²) in [6.07, 6.45) is 4.44. The van der Waals surface area contributed by atoms with Crippen molar-refractivity contribution in [2.75, 3.05) is 6.54 Å². The average molecular weight is 293 g/mol. The molecule has 1 saturated carbocycles. The molecular formula is C16H20FNO3. The molecule has 3 rings (SSSR count). The van der Waals surface area contributed by atoms with Crippen LogP contribution in [0.1, 0.15) is 54.3 Å². The van der Waals surface area contributed by atoms with Gasteiger partial charge < -0.3 is 9.32 Å². The van der Waals surface area contributed by atoms with E-state index >= 15 is 0 Å². The second-order valence-electron chi connectivity index (χ2n) is 6.05. The Bertz CT molecular complexity index is 604. The van der Waals surface area contributed by atoms with Crippen molar-refractivity contribution in [3.8, 4) is 0 Å². The highest BCUT2D eigenvalue weighted by atomic mass is 19.1. The summed E-state index contributed by atoms with van der Waals surface area (Å²) in [7, 11) is 0. The highest BCUT2D eigenvalue weighted by Crippen LogP contribution is 2.34. The molecular weight excluding hydrogens is 273 g/mol. The Morgan fingerprint density at radius 3 is 2.86 bits per heavy atom. The first-order valence-electron chi connectivity index (χ1n) is 7.67. The van der Waals surface area contributed by atoms with Crippen LogP contribution in [0.2, 0.25) is 0 Å². The van der Waals surface area contributed by atoms with Crippen molar-refractivity contribution in [3.05, 3.63) is 33.4 Å². The number of hydrogen-bond acceptors (Lipinski definition) is 3. The Balaban J connectivity index is 1.86. The molecule has 0 radical (unpaired) electrons. The van der Waals surface area contributed by atoms with Gasteiger partial charge in [-0.15, -0.1) is 0 Å². The van der Waals surface area contributed by atoms with Gasteiger partial charge in [0.2, 0.25) is 0 Å². The minimum atomic E-state index is -1.32.